The maximum absolute atomic E-state index is 12.6. The van der Waals surface area contributed by atoms with Crippen LogP contribution in [0.3, 0.4) is 0 Å². The van der Waals surface area contributed by atoms with Crippen molar-refractivity contribution in [3.05, 3.63) is 336 Å². The van der Waals surface area contributed by atoms with Crippen molar-refractivity contribution in [2.75, 3.05) is 84.6 Å². The molecule has 7 amide bonds. The number of hydrogen-bond acceptors (Lipinski definition) is 15. The average Bonchev–Trinajstić information content (AvgIpc) is 1.12. The molecule has 23 nitrogen and oxygen atoms in total. The first-order valence-corrected chi connectivity index (χ1v) is 50.9. The van der Waals surface area contributed by atoms with Crippen LogP contribution in [0.5, 0.6) is 0 Å². The maximum Gasteiger partial charge on any atom is 0.224 e. The van der Waals surface area contributed by atoms with Crippen molar-refractivity contribution in [3.8, 4) is 62.5 Å². The summed E-state index contributed by atoms with van der Waals surface area (Å²) >= 11 is 0. The number of fused-ring (bicyclic) bond motifs is 4. The minimum absolute atomic E-state index is 0.000988. The lowest BCUT2D eigenvalue weighted by Crippen LogP contribution is -2.43. The summed E-state index contributed by atoms with van der Waals surface area (Å²) < 4.78 is 7.11. The zero-order valence-electron chi connectivity index (χ0n) is 87.4. The normalized spacial score (nSPS) is 16.7. The number of Topliss-reactive ketones (excluding diaryl/α,β-unsaturated/α-hetero) is 1. The molecule has 0 radical (unpaired) electrons. The van der Waals surface area contributed by atoms with Gasteiger partial charge in [-0.15, -0.1) is 12.3 Å². The molecule has 4 aliphatic rings. The molecule has 0 saturated carbocycles. The first kappa shape index (κ1) is 107. The predicted octanol–water partition coefficient (Wildman–Crippen LogP) is 26.0. The van der Waals surface area contributed by atoms with Crippen LogP contribution in [-0.2, 0) is 55.9 Å². The first-order valence-electron chi connectivity index (χ1n) is 50.9. The van der Waals surface area contributed by atoms with Crippen LogP contribution >= 0.6 is 0 Å². The third kappa shape index (κ3) is 28.0. The number of hydrogen-bond donors (Lipinski definition) is 7. The van der Waals surface area contributed by atoms with Gasteiger partial charge in [-0.2, -0.15) is 5.10 Å². The van der Waals surface area contributed by atoms with Crippen molar-refractivity contribution in [1.82, 2.24) is 14.7 Å². The van der Waals surface area contributed by atoms with Crippen LogP contribution in [0.15, 0.2) is 292 Å². The number of rotatable bonds is 29. The number of ketones is 1. The molecule has 0 spiro atoms. The fourth-order valence-electron chi connectivity index (χ4n) is 20.4. The highest BCUT2D eigenvalue weighted by Gasteiger charge is 2.38. The maximum atomic E-state index is 12.6. The van der Waals surface area contributed by atoms with E-state index in [1.807, 2.05) is 201 Å². The molecule has 23 heteroatoms. The van der Waals surface area contributed by atoms with E-state index in [0.717, 1.165) is 184 Å². The second-order valence-electron chi connectivity index (χ2n) is 39.7. The van der Waals surface area contributed by atoms with Gasteiger partial charge in [0.1, 0.15) is 5.76 Å². The van der Waals surface area contributed by atoms with Crippen LogP contribution in [0.1, 0.15) is 210 Å². The summed E-state index contributed by atoms with van der Waals surface area (Å²) in [5.74, 6) is 4.01. The average molecular weight is 1970 g/mol. The molecule has 8 atom stereocenters. The summed E-state index contributed by atoms with van der Waals surface area (Å²) in [6.07, 6.45) is 17.8. The predicted molar refractivity (Wildman–Crippen MR) is 601 cm³/mol. The van der Waals surface area contributed by atoms with Gasteiger partial charge in [0.05, 0.1) is 43.5 Å². The molecule has 0 saturated heterocycles. The third-order valence-corrected chi connectivity index (χ3v) is 27.2. The van der Waals surface area contributed by atoms with Crippen molar-refractivity contribution in [2.24, 2.45) is 5.92 Å². The van der Waals surface area contributed by atoms with Gasteiger partial charge < -0.3 is 66.5 Å². The molecule has 1 aromatic heterocycles. The molecule has 17 rings (SSSR count). The molecule has 4 aliphatic heterocycles. The highest BCUT2D eigenvalue weighted by Crippen LogP contribution is 2.48. The van der Waals surface area contributed by atoms with Crippen LogP contribution in [0, 0.1) is 25.2 Å². The van der Waals surface area contributed by atoms with Gasteiger partial charge in [0.2, 0.25) is 41.4 Å². The summed E-state index contributed by atoms with van der Waals surface area (Å²) in [6.45, 7) is 28.9. The van der Waals surface area contributed by atoms with Gasteiger partial charge >= 0.3 is 0 Å². The number of ether oxygens (including phenoxy) is 1. The second kappa shape index (κ2) is 49.6. The van der Waals surface area contributed by atoms with Crippen molar-refractivity contribution in [2.45, 2.75) is 209 Å². The lowest BCUT2D eigenvalue weighted by atomic mass is 9.88. The monoisotopic (exact) mass is 1970 g/mol. The number of unbranched alkanes of at least 4 members (excludes halogenated alkanes) is 1. The van der Waals surface area contributed by atoms with Crippen molar-refractivity contribution >= 4 is 115 Å². The number of benzene rings is 12. The van der Waals surface area contributed by atoms with Crippen LogP contribution in [0.4, 0.5) is 62.6 Å². The molecule has 758 valence electrons. The van der Waals surface area contributed by atoms with E-state index in [1.165, 1.54) is 37.8 Å². The Kier molecular flexibility index (Phi) is 36.0. The number of amides is 7. The Hall–Kier alpha value is -15.9. The molecule has 0 aliphatic carbocycles. The van der Waals surface area contributed by atoms with Gasteiger partial charge in [0, 0.05) is 165 Å². The molecular formula is C124H138N14O9. The zero-order chi connectivity index (χ0) is 105. The van der Waals surface area contributed by atoms with Gasteiger partial charge in [-0.3, -0.25) is 38.4 Å². The fraction of sp³-hybridized carbons (Fsp3) is 0.298. The minimum atomic E-state index is -0.115. The number of aromatic nitrogens is 2. The topological polar surface area (TPSA) is 264 Å². The van der Waals surface area contributed by atoms with E-state index in [0.29, 0.717) is 38.0 Å². The van der Waals surface area contributed by atoms with Gasteiger partial charge in [-0.05, 0) is 341 Å². The number of nitrogens with one attached hydrogen (secondary N) is 7. The molecule has 0 unspecified atom stereocenters. The molecule has 12 aromatic carbocycles. The SMILES string of the molecule is C#CCCCC(=O)Nc1cccc(-c2ccc3c(c2)[C@H](Nc2ccc(C(=C)OC)cc2)C[C@H](C)N3C(C)=O)c1.CC(=O)N1c2ccc(-c3cccc(-n4cccn4)c3)cc2[C@H](Nc2ccc(C)cc2)C[C@@H]1C.CC(=O)Nc1cccc(-c2ccc3c(c2)[C@H](Nc2ccc(CC(=O)CN(C)C)cc2)C[C@H](C)N3C(C)=O)c1.CC(=O)Nc1cccc(-c2ccc3c(c2)[C@H](Nc2ccc(CCCC(C)C)cc2)C[C@H](C)N3C(C)=O)c1. The number of anilines is 11. The number of terminal acetylenes is 1. The number of likely N-dealkylation sites (N-methyl/N-ethyl adjacent to an activating group) is 1. The van der Waals surface area contributed by atoms with Gasteiger partial charge in [0.15, 0.2) is 5.78 Å². The Labute approximate surface area is 866 Å². The Morgan fingerprint density at radius 2 is 0.782 bits per heavy atom. The van der Waals surface area contributed by atoms with E-state index in [-0.39, 0.29) is 95.5 Å². The van der Waals surface area contributed by atoms with Crippen LogP contribution < -0.4 is 56.8 Å². The molecular weight excluding hydrogens is 1830 g/mol. The molecule has 13 aromatic rings. The summed E-state index contributed by atoms with van der Waals surface area (Å²) in [6, 6.07) is 92.5. The van der Waals surface area contributed by atoms with E-state index < -0.39 is 0 Å². The van der Waals surface area contributed by atoms with E-state index in [9.17, 15) is 38.4 Å². The zero-order valence-corrected chi connectivity index (χ0v) is 87.4. The van der Waals surface area contributed by atoms with Crippen molar-refractivity contribution < 1.29 is 43.1 Å². The molecule has 147 heavy (non-hydrogen) atoms. The summed E-state index contributed by atoms with van der Waals surface area (Å²) in [7, 11) is 5.40. The number of carbonyl (C=O) groups excluding carboxylic acids is 8. The van der Waals surface area contributed by atoms with Gasteiger partial charge in [-0.1, -0.05) is 142 Å². The number of aryl methyl sites for hydroxylation is 2. The van der Waals surface area contributed by atoms with Crippen LogP contribution in [0.2, 0.25) is 0 Å². The van der Waals surface area contributed by atoms with E-state index in [2.05, 4.69) is 225 Å². The molecule has 0 bridgehead atoms. The van der Waals surface area contributed by atoms with Crippen molar-refractivity contribution in [3.63, 3.8) is 0 Å². The van der Waals surface area contributed by atoms with E-state index in [1.54, 1.807) is 41.0 Å². The Morgan fingerprint density at radius 1 is 0.429 bits per heavy atom. The third-order valence-electron chi connectivity index (χ3n) is 27.2. The summed E-state index contributed by atoms with van der Waals surface area (Å²) in [4.78, 5) is 107. The van der Waals surface area contributed by atoms with Crippen LogP contribution in [-0.4, -0.2) is 114 Å². The summed E-state index contributed by atoms with van der Waals surface area (Å²) in [5, 5.41) is 27.8. The lowest BCUT2D eigenvalue weighted by molar-refractivity contribution is -0.119. The number of carbonyl (C=O) groups is 8. The van der Waals surface area contributed by atoms with E-state index in [4.69, 9.17) is 11.2 Å². The Balaban J connectivity index is 0.000000155. The van der Waals surface area contributed by atoms with Gasteiger partial charge in [0.25, 0.3) is 0 Å². The second-order valence-corrected chi connectivity index (χ2v) is 39.7. The molecule has 5 heterocycles. The number of nitrogens with zero attached hydrogens (tertiary/aromatic N) is 7. The van der Waals surface area contributed by atoms with Gasteiger partial charge in [-0.25, -0.2) is 4.68 Å². The fourth-order valence-corrected chi connectivity index (χ4v) is 20.4. The Bertz CT molecular complexity index is 6910. The Morgan fingerprint density at radius 3 is 1.13 bits per heavy atom. The minimum Gasteiger partial charge on any atom is -0.497 e. The van der Waals surface area contributed by atoms with Crippen LogP contribution in [0.25, 0.3) is 56.0 Å². The number of methoxy groups -OCH3 is 1. The molecule has 0 fully saturated rings. The standard InChI is InChI=1S/C33H35N3O3.C32H39N3O2.C31H36N4O3.C28H28N4O/c1-6-7-8-12-33(38)35-29-11-9-10-26(20-29)27-15-18-32-30(21-27)31(19-22(2)36(32)24(4)37)34-28-16-13-25(14-17-28)23(3)39-5;1-21(2)8-6-9-25-12-15-28(16-13-25)34-31-18-22(3)35(24(5)37)32-17-14-27(20-30(31)32)26-10-7-11-29(19-26)33-23(4)36;1-20-15-30(33-26-12-9-23(10-13-26)16-28(38)19-34(4)5)29-18-25(11-14-31(29)35(20)22(3)37)24-7-6-8-27(17-24)32-21(2)36;1-19-8-11-24(12-9-19)30-27-16-20(2)32(21(3)33)28-13-10-23(18-26(27)28)22-6-4-7-25(17-22)31-15-5-14-29-31/h1,9-11,13-18,20-22,31,34H,3,7-8,12,19H2,2,4-5H3,(H,35,38);7,10-17,19-22,31,34H,6,8-9,18H2,1-5H3,(H,33,36);6-14,17-18,20,30,33H,15-16,19H2,1-5H3,(H,32,36);4-15,17-18,20,27,30H,16H2,1-3H3/t2*22-,31+;20-,30+;20-,27+/m0000/s1. The highest BCUT2D eigenvalue weighted by molar-refractivity contribution is 5.99. The summed E-state index contributed by atoms with van der Waals surface area (Å²) in [5.41, 5.74) is 28.3. The van der Waals surface area contributed by atoms with Crippen molar-refractivity contribution in [1.29, 1.82) is 0 Å². The quantitative estimate of drug-likeness (QED) is 0.0131. The first-order chi connectivity index (χ1) is 70.6. The lowest BCUT2D eigenvalue weighted by Gasteiger charge is -2.40. The molecule has 7 N–H and O–H groups in total. The largest absolute Gasteiger partial charge is 0.497 e. The van der Waals surface area contributed by atoms with E-state index >= 15 is 0 Å². The smallest absolute Gasteiger partial charge is 0.224 e. The highest BCUT2D eigenvalue weighted by atomic mass is 16.5.